The van der Waals surface area contributed by atoms with Crippen molar-refractivity contribution < 1.29 is 71.6 Å². The van der Waals surface area contributed by atoms with Crippen LogP contribution in [0.4, 0.5) is 0 Å². The lowest BCUT2D eigenvalue weighted by Crippen LogP contribution is -2.62. The molecule has 72 heavy (non-hydrogen) atoms. The van der Waals surface area contributed by atoms with Crippen molar-refractivity contribution in [1.29, 1.82) is 0 Å². The maximum absolute atomic E-state index is 15.0. The van der Waals surface area contributed by atoms with Crippen LogP contribution in [0.5, 0.6) is 5.75 Å². The van der Waals surface area contributed by atoms with Crippen molar-refractivity contribution in [1.82, 2.24) is 47.1 Å². The third-order valence-corrected chi connectivity index (χ3v) is 14.9. The smallest absolute Gasteiger partial charge is 0.246 e. The van der Waals surface area contributed by atoms with Crippen molar-refractivity contribution in [3.8, 4) is 5.75 Å². The molecule has 10 atom stereocenters. The topological polar surface area (TPSA) is 387 Å². The highest BCUT2D eigenvalue weighted by atomic mass is 32.2. The summed E-state index contributed by atoms with van der Waals surface area (Å²) in [5.74, 6) is -12.7. The lowest BCUT2D eigenvalue weighted by atomic mass is 9.93. The van der Waals surface area contributed by atoms with E-state index < -0.39 is 180 Å². The van der Waals surface area contributed by atoms with Gasteiger partial charge in [-0.2, -0.15) is 0 Å². The monoisotopic (exact) mass is 1030 g/mol. The molecule has 2 aromatic rings. The number of hydrogen-bond acceptors (Lipinski definition) is 15. The molecule has 0 radical (unpaired) electrons. The number of aliphatic hydroxyl groups is 3. The third kappa shape index (κ3) is 14.4. The van der Waals surface area contributed by atoms with E-state index in [1.165, 1.54) is 19.1 Å². The molecule has 1 saturated heterocycles. The molecule has 0 unspecified atom stereocenters. The molecule has 1 fully saturated rings. The highest BCUT2D eigenvalue weighted by Crippen LogP contribution is 2.32. The second kappa shape index (κ2) is 25.3. The highest BCUT2D eigenvalue weighted by molar-refractivity contribution is 7.91. The van der Waals surface area contributed by atoms with Gasteiger partial charge in [0.2, 0.25) is 53.2 Å². The summed E-state index contributed by atoms with van der Waals surface area (Å²) in [4.78, 5) is 129. The number of fused-ring (bicyclic) bond motifs is 5. The zero-order valence-corrected chi connectivity index (χ0v) is 41.6. The number of aliphatic hydroxyl groups excluding tert-OH is 3. The molecule has 25 nitrogen and oxygen atoms in total. The SMILES string of the molecule is CCCCCCCOc1ccc2c3c([nH]c2c1)S(=O)(=O)C[C@@H]1NC(=O)CNC(=O)[C@H]([C@@H](C)CC)NC(=O)CNC(=O)[C@H](C3)NC(=O)[C@H]([C@@H](C)[C@@H](O)CO)NC(=O)[C@@H]2C[C@@H](O)CN2C(=O)[C@H](CC(N)=O)NC1=O. The Bertz CT molecular complexity index is 2470. The summed E-state index contributed by atoms with van der Waals surface area (Å²) in [5.41, 5.74) is 5.52. The molecule has 26 heteroatoms. The number of primary amides is 1. The first-order valence-corrected chi connectivity index (χ1v) is 25.8. The van der Waals surface area contributed by atoms with E-state index in [-0.39, 0.29) is 16.5 Å². The van der Waals surface area contributed by atoms with E-state index in [0.717, 1.165) is 37.0 Å². The number of nitrogens with one attached hydrogen (secondary N) is 8. The Balaban J connectivity index is 1.75. The lowest BCUT2D eigenvalue weighted by Gasteiger charge is -2.32. The molecule has 3 aliphatic rings. The molecular formula is C46H68N10O15S. The first-order valence-electron chi connectivity index (χ1n) is 24.2. The molecule has 9 amide bonds. The molecule has 3 aliphatic heterocycles. The van der Waals surface area contributed by atoms with Gasteiger partial charge in [-0.05, 0) is 30.0 Å². The number of carbonyl (C=O) groups is 9. The number of unbranched alkanes of at least 4 members (excludes halogenated alkanes) is 4. The molecular weight excluding hydrogens is 965 g/mol. The first kappa shape index (κ1) is 56.5. The summed E-state index contributed by atoms with van der Waals surface area (Å²) in [5, 5.41) is 48.0. The minimum Gasteiger partial charge on any atom is -0.494 e. The second-order valence-electron chi connectivity index (χ2n) is 18.7. The Hall–Kier alpha value is -6.38. The number of hydrogen-bond donors (Lipinski definition) is 12. The van der Waals surface area contributed by atoms with Gasteiger partial charge in [-0.25, -0.2) is 8.42 Å². The normalized spacial score (nSPS) is 26.3. The Kier molecular flexibility index (Phi) is 19.9. The Morgan fingerprint density at radius 3 is 2.18 bits per heavy atom. The predicted octanol–water partition coefficient (Wildman–Crippen LogP) is -3.61. The molecule has 13 N–H and O–H groups in total. The summed E-state index contributed by atoms with van der Waals surface area (Å²) in [6.45, 7) is 3.93. The van der Waals surface area contributed by atoms with Crippen molar-refractivity contribution >= 4 is 73.9 Å². The number of nitrogens with zero attached hydrogens (tertiary/aromatic N) is 1. The van der Waals surface area contributed by atoms with Crippen LogP contribution < -0.4 is 47.7 Å². The number of aromatic nitrogens is 1. The van der Waals surface area contributed by atoms with Crippen LogP contribution in [0.2, 0.25) is 0 Å². The average Bonchev–Trinajstić information content (AvgIpc) is 3.92. The predicted molar refractivity (Wildman–Crippen MR) is 256 cm³/mol. The lowest BCUT2D eigenvalue weighted by molar-refractivity contribution is -0.144. The van der Waals surface area contributed by atoms with Gasteiger partial charge in [0.25, 0.3) is 0 Å². The quantitative estimate of drug-likeness (QED) is 0.0814. The molecule has 4 heterocycles. The molecule has 1 aromatic heterocycles. The zero-order valence-electron chi connectivity index (χ0n) is 40.8. The zero-order chi connectivity index (χ0) is 53.0. The third-order valence-electron chi connectivity index (χ3n) is 13.2. The van der Waals surface area contributed by atoms with Gasteiger partial charge in [0.1, 0.15) is 47.0 Å². The number of amides is 9. The van der Waals surface area contributed by atoms with E-state index in [9.17, 15) is 66.9 Å². The van der Waals surface area contributed by atoms with Gasteiger partial charge in [0, 0.05) is 36.8 Å². The Morgan fingerprint density at radius 2 is 1.51 bits per heavy atom. The van der Waals surface area contributed by atoms with Gasteiger partial charge < -0.3 is 72.9 Å². The van der Waals surface area contributed by atoms with E-state index in [1.54, 1.807) is 19.9 Å². The number of sulfone groups is 1. The van der Waals surface area contributed by atoms with Gasteiger partial charge in [-0.3, -0.25) is 43.2 Å². The summed E-state index contributed by atoms with van der Waals surface area (Å²) >= 11 is 0. The van der Waals surface area contributed by atoms with E-state index in [4.69, 9.17) is 10.5 Å². The summed E-state index contributed by atoms with van der Waals surface area (Å²) < 4.78 is 35.9. The molecule has 0 spiro atoms. The molecule has 0 aliphatic carbocycles. The van der Waals surface area contributed by atoms with Crippen LogP contribution in [-0.2, 0) is 59.4 Å². The number of nitrogens with two attached hydrogens (primary N) is 1. The number of aromatic amines is 1. The summed E-state index contributed by atoms with van der Waals surface area (Å²) in [6.07, 6.45) is -0.0527. The van der Waals surface area contributed by atoms with Crippen molar-refractivity contribution in [3.63, 3.8) is 0 Å². The summed E-state index contributed by atoms with van der Waals surface area (Å²) in [7, 11) is -4.91. The minimum atomic E-state index is -4.91. The number of H-pyrrole nitrogens is 1. The van der Waals surface area contributed by atoms with E-state index >= 15 is 0 Å². The second-order valence-corrected chi connectivity index (χ2v) is 20.6. The Morgan fingerprint density at radius 1 is 0.833 bits per heavy atom. The van der Waals surface area contributed by atoms with Crippen LogP contribution in [0.15, 0.2) is 23.2 Å². The van der Waals surface area contributed by atoms with Crippen LogP contribution in [0.25, 0.3) is 10.9 Å². The van der Waals surface area contributed by atoms with Crippen molar-refractivity contribution in [3.05, 3.63) is 23.8 Å². The minimum absolute atomic E-state index is 0.140. The highest BCUT2D eigenvalue weighted by Gasteiger charge is 2.45. The number of ether oxygens (including phenoxy) is 1. The molecule has 0 saturated carbocycles. The molecule has 398 valence electrons. The van der Waals surface area contributed by atoms with Crippen LogP contribution in [0.3, 0.4) is 0 Å². The number of rotatable bonds is 14. The van der Waals surface area contributed by atoms with Crippen molar-refractivity contribution in [2.45, 2.75) is 139 Å². The first-order chi connectivity index (χ1) is 34.1. The van der Waals surface area contributed by atoms with Crippen molar-refractivity contribution in [2.24, 2.45) is 17.6 Å². The van der Waals surface area contributed by atoms with Crippen LogP contribution in [0, 0.1) is 11.8 Å². The fourth-order valence-electron chi connectivity index (χ4n) is 8.82. The molecule has 5 rings (SSSR count). The van der Waals surface area contributed by atoms with Crippen LogP contribution in [0.1, 0.15) is 84.6 Å². The van der Waals surface area contributed by atoms with Gasteiger partial charge in [-0.15, -0.1) is 0 Å². The number of carbonyl (C=O) groups excluding carboxylic acids is 9. The standard InChI is InChI=1S/C46H68N10O15S/c1-5-7-8-9-10-13-71-26-11-12-27-28-16-30-40(63)48-19-37(62)54-38(23(3)6-2)43(66)49-18-36(61)50-32(22-72(69,70)45(28)53-29(27)15-26)41(64)52-31(17-35(47)60)46(68)56-20-25(58)14-33(56)42(65)55-39(44(67)51-30)24(4)34(59)21-57/h11-12,15,23-25,30-34,38-39,53,57-59H,5-10,13-14,16-22H2,1-4H3,(H2,47,60)(H,48,63)(H,49,66)(H,50,61)(H,51,67)(H,52,64)(H,54,62)(H,55,65)/t23-,24-,25+,30-,31-,32-,33-,34-,38-,39-/m0/s1. The number of benzene rings is 1. The van der Waals surface area contributed by atoms with Gasteiger partial charge >= 0.3 is 0 Å². The van der Waals surface area contributed by atoms with Gasteiger partial charge in [0.15, 0.2) is 9.84 Å². The summed E-state index contributed by atoms with van der Waals surface area (Å²) in [6, 6.07) is -6.04. The fourth-order valence-corrected chi connectivity index (χ4v) is 10.5. The van der Waals surface area contributed by atoms with Crippen molar-refractivity contribution in [2.75, 3.05) is 38.6 Å². The van der Waals surface area contributed by atoms with Crippen LogP contribution >= 0.6 is 0 Å². The maximum atomic E-state index is 15.0. The van der Waals surface area contributed by atoms with Crippen LogP contribution in [-0.4, -0.2) is 174 Å². The maximum Gasteiger partial charge on any atom is 0.246 e. The largest absolute Gasteiger partial charge is 0.494 e. The molecule has 2 bridgehead atoms. The van der Waals surface area contributed by atoms with E-state index in [0.29, 0.717) is 18.8 Å². The molecule has 1 aromatic carbocycles. The van der Waals surface area contributed by atoms with Gasteiger partial charge in [0.05, 0.1) is 56.2 Å². The van der Waals surface area contributed by atoms with E-state index in [1.807, 2.05) is 0 Å². The average molecular weight is 1030 g/mol. The fraction of sp³-hybridized carbons (Fsp3) is 0.630. The Labute approximate surface area is 416 Å². The van der Waals surface area contributed by atoms with E-state index in [2.05, 4.69) is 49.1 Å². The van der Waals surface area contributed by atoms with Gasteiger partial charge in [-0.1, -0.05) is 59.8 Å².